The first-order chi connectivity index (χ1) is 8.81. The van der Waals surface area contributed by atoms with Gasteiger partial charge in [-0.25, -0.2) is 0 Å². The predicted octanol–water partition coefficient (Wildman–Crippen LogP) is 2.96. The van der Waals surface area contributed by atoms with Crippen molar-refractivity contribution < 1.29 is 9.53 Å². The highest BCUT2D eigenvalue weighted by Gasteiger charge is 2.26. The number of alkyl halides is 1. The second-order valence-electron chi connectivity index (χ2n) is 5.42. The molecule has 18 heavy (non-hydrogen) atoms. The van der Waals surface area contributed by atoms with E-state index in [2.05, 4.69) is 0 Å². The van der Waals surface area contributed by atoms with Crippen LogP contribution in [0.15, 0.2) is 0 Å². The van der Waals surface area contributed by atoms with Crippen LogP contribution in [0, 0.1) is 0 Å². The minimum absolute atomic E-state index is 0.264. The fourth-order valence-electron chi connectivity index (χ4n) is 2.95. The maximum absolute atomic E-state index is 12.2. The van der Waals surface area contributed by atoms with E-state index in [1.807, 2.05) is 4.90 Å². The summed E-state index contributed by atoms with van der Waals surface area (Å²) < 4.78 is 5.67. The number of likely N-dealkylation sites (tertiary alicyclic amines) is 1. The molecule has 2 unspecified atom stereocenters. The molecule has 0 spiro atoms. The quantitative estimate of drug-likeness (QED) is 0.737. The molecule has 0 aliphatic carbocycles. The zero-order chi connectivity index (χ0) is 12.8. The monoisotopic (exact) mass is 273 g/mol. The van der Waals surface area contributed by atoms with E-state index in [1.54, 1.807) is 0 Å². The van der Waals surface area contributed by atoms with Crippen molar-refractivity contribution in [1.29, 1.82) is 0 Å². The predicted molar refractivity (Wildman–Crippen MR) is 72.9 cm³/mol. The molecule has 2 aliphatic rings. The highest BCUT2D eigenvalue weighted by molar-refractivity contribution is 6.18. The lowest BCUT2D eigenvalue weighted by molar-refractivity contribution is -0.135. The van der Waals surface area contributed by atoms with Crippen molar-refractivity contribution in [3.63, 3.8) is 0 Å². The van der Waals surface area contributed by atoms with Gasteiger partial charge in [0.2, 0.25) is 5.91 Å². The lowest BCUT2D eigenvalue weighted by Gasteiger charge is -2.35. The third-order valence-corrected chi connectivity index (χ3v) is 4.44. The summed E-state index contributed by atoms with van der Waals surface area (Å²) in [6.45, 7) is 1.76. The Morgan fingerprint density at radius 1 is 1.22 bits per heavy atom. The van der Waals surface area contributed by atoms with E-state index in [1.165, 1.54) is 19.3 Å². The first-order valence-corrected chi connectivity index (χ1v) is 7.81. The van der Waals surface area contributed by atoms with Gasteiger partial charge >= 0.3 is 0 Å². The Hall–Kier alpha value is -0.280. The molecular formula is C14H24ClNO2. The van der Waals surface area contributed by atoms with Crippen molar-refractivity contribution in [2.24, 2.45) is 0 Å². The first kappa shape index (κ1) is 14.1. The number of hydrogen-bond acceptors (Lipinski definition) is 2. The molecule has 2 aliphatic heterocycles. The van der Waals surface area contributed by atoms with Crippen molar-refractivity contribution in [3.8, 4) is 0 Å². The SMILES string of the molecule is O=C(CCC1CCCCO1)N1CCCCC1CCl. The average molecular weight is 274 g/mol. The van der Waals surface area contributed by atoms with Crippen LogP contribution in [-0.2, 0) is 9.53 Å². The number of carbonyl (C=O) groups is 1. The average Bonchev–Trinajstić information content (AvgIpc) is 2.45. The normalized spacial score (nSPS) is 29.3. The van der Waals surface area contributed by atoms with E-state index in [-0.39, 0.29) is 11.9 Å². The summed E-state index contributed by atoms with van der Waals surface area (Å²) in [5.74, 6) is 0.848. The number of piperidine rings is 1. The highest BCUT2D eigenvalue weighted by Crippen LogP contribution is 2.21. The lowest BCUT2D eigenvalue weighted by Crippen LogP contribution is -2.44. The largest absolute Gasteiger partial charge is 0.378 e. The number of amides is 1. The Morgan fingerprint density at radius 2 is 2.06 bits per heavy atom. The molecule has 0 radical (unpaired) electrons. The van der Waals surface area contributed by atoms with Gasteiger partial charge in [-0.05, 0) is 44.9 Å². The van der Waals surface area contributed by atoms with Gasteiger partial charge < -0.3 is 9.64 Å². The standard InChI is InChI=1S/C14H24ClNO2/c15-11-12-5-1-3-9-16(12)14(17)8-7-13-6-2-4-10-18-13/h12-13H,1-11H2. The molecule has 2 saturated heterocycles. The van der Waals surface area contributed by atoms with E-state index < -0.39 is 0 Å². The molecule has 2 fully saturated rings. The molecule has 0 aromatic carbocycles. The van der Waals surface area contributed by atoms with Crippen LogP contribution in [0.2, 0.25) is 0 Å². The van der Waals surface area contributed by atoms with Gasteiger partial charge in [0.15, 0.2) is 0 Å². The van der Waals surface area contributed by atoms with Gasteiger partial charge in [0.25, 0.3) is 0 Å². The van der Waals surface area contributed by atoms with Gasteiger partial charge in [0.1, 0.15) is 0 Å². The molecule has 2 heterocycles. The summed E-state index contributed by atoms with van der Waals surface area (Å²) >= 11 is 5.95. The lowest BCUT2D eigenvalue weighted by atomic mass is 10.0. The Kier molecular flexibility index (Phi) is 5.77. The van der Waals surface area contributed by atoms with Crippen LogP contribution in [0.5, 0.6) is 0 Å². The van der Waals surface area contributed by atoms with Gasteiger partial charge in [0.05, 0.1) is 6.10 Å². The minimum atomic E-state index is 0.264. The van der Waals surface area contributed by atoms with Crippen LogP contribution in [0.3, 0.4) is 0 Å². The second kappa shape index (κ2) is 7.34. The molecular weight excluding hydrogens is 250 g/mol. The number of halogens is 1. The third kappa shape index (κ3) is 3.86. The van der Waals surface area contributed by atoms with Gasteiger partial charge in [-0.1, -0.05) is 0 Å². The molecule has 0 aromatic heterocycles. The molecule has 104 valence electrons. The number of rotatable bonds is 4. The number of ether oxygens (including phenoxy) is 1. The highest BCUT2D eigenvalue weighted by atomic mass is 35.5. The maximum atomic E-state index is 12.2. The zero-order valence-corrected chi connectivity index (χ0v) is 11.8. The van der Waals surface area contributed by atoms with Crippen molar-refractivity contribution in [1.82, 2.24) is 4.90 Å². The van der Waals surface area contributed by atoms with Gasteiger partial charge in [0, 0.05) is 31.5 Å². The van der Waals surface area contributed by atoms with Crippen LogP contribution in [0.4, 0.5) is 0 Å². The summed E-state index contributed by atoms with van der Waals surface area (Å²) in [7, 11) is 0. The minimum Gasteiger partial charge on any atom is -0.378 e. The smallest absolute Gasteiger partial charge is 0.222 e. The number of hydrogen-bond donors (Lipinski definition) is 0. The Balaban J connectivity index is 1.75. The molecule has 2 atom stereocenters. The second-order valence-corrected chi connectivity index (χ2v) is 5.73. The number of carbonyl (C=O) groups excluding carboxylic acids is 1. The van der Waals surface area contributed by atoms with Crippen LogP contribution >= 0.6 is 11.6 Å². The Labute approximate surface area is 115 Å². The van der Waals surface area contributed by atoms with Crippen molar-refractivity contribution in [2.45, 2.75) is 63.5 Å². The molecule has 3 nitrogen and oxygen atoms in total. The van der Waals surface area contributed by atoms with E-state index >= 15 is 0 Å². The fraction of sp³-hybridized carbons (Fsp3) is 0.929. The summed E-state index contributed by atoms with van der Waals surface area (Å²) in [6, 6.07) is 0.264. The first-order valence-electron chi connectivity index (χ1n) is 7.28. The van der Waals surface area contributed by atoms with Crippen LogP contribution in [0.25, 0.3) is 0 Å². The summed E-state index contributed by atoms with van der Waals surface area (Å²) in [4.78, 5) is 14.2. The Morgan fingerprint density at radius 3 is 2.78 bits per heavy atom. The summed E-state index contributed by atoms with van der Waals surface area (Å²) in [5, 5.41) is 0. The molecule has 4 heteroatoms. The van der Waals surface area contributed by atoms with Crippen molar-refractivity contribution >= 4 is 17.5 Å². The van der Waals surface area contributed by atoms with Gasteiger partial charge in [-0.2, -0.15) is 0 Å². The van der Waals surface area contributed by atoms with E-state index in [4.69, 9.17) is 16.3 Å². The van der Waals surface area contributed by atoms with Crippen LogP contribution < -0.4 is 0 Å². The summed E-state index contributed by atoms with van der Waals surface area (Å²) in [5.41, 5.74) is 0. The zero-order valence-electron chi connectivity index (χ0n) is 11.1. The summed E-state index contributed by atoms with van der Waals surface area (Å²) in [6.07, 6.45) is 8.73. The van der Waals surface area contributed by atoms with Crippen LogP contribution in [-0.4, -0.2) is 42.0 Å². The van der Waals surface area contributed by atoms with E-state index in [0.717, 1.165) is 38.8 Å². The molecule has 0 aromatic rings. The van der Waals surface area contributed by atoms with Crippen molar-refractivity contribution in [2.75, 3.05) is 19.0 Å². The van der Waals surface area contributed by atoms with Gasteiger partial charge in [-0.15, -0.1) is 11.6 Å². The Bertz CT molecular complexity index is 267. The molecule has 2 rings (SSSR count). The van der Waals surface area contributed by atoms with E-state index in [9.17, 15) is 4.79 Å². The van der Waals surface area contributed by atoms with E-state index in [0.29, 0.717) is 18.4 Å². The van der Waals surface area contributed by atoms with Crippen molar-refractivity contribution in [3.05, 3.63) is 0 Å². The third-order valence-electron chi connectivity index (χ3n) is 4.08. The molecule has 0 bridgehead atoms. The molecule has 0 N–H and O–H groups in total. The van der Waals surface area contributed by atoms with Crippen LogP contribution in [0.1, 0.15) is 51.4 Å². The fourth-order valence-corrected chi connectivity index (χ4v) is 3.27. The topological polar surface area (TPSA) is 29.5 Å². The maximum Gasteiger partial charge on any atom is 0.222 e. The number of nitrogens with zero attached hydrogens (tertiary/aromatic N) is 1. The molecule has 0 saturated carbocycles. The molecule has 1 amide bonds. The van der Waals surface area contributed by atoms with Gasteiger partial charge in [-0.3, -0.25) is 4.79 Å².